The number of carboxylic acid groups (broad SMARTS) is 1. The first-order chi connectivity index (χ1) is 9.61. The zero-order valence-corrected chi connectivity index (χ0v) is 10.8. The molecule has 0 atom stereocenters. The van der Waals surface area contributed by atoms with Crippen molar-refractivity contribution in [2.45, 2.75) is 19.6 Å². The Bertz CT molecular complexity index is 644. The van der Waals surface area contributed by atoms with Gasteiger partial charge in [0.25, 0.3) is 0 Å². The van der Waals surface area contributed by atoms with Gasteiger partial charge in [-0.1, -0.05) is 24.3 Å². The van der Waals surface area contributed by atoms with Crippen LogP contribution in [0.2, 0.25) is 0 Å². The average Bonchev–Trinajstić information content (AvgIpc) is 2.79. The van der Waals surface area contributed by atoms with Crippen LogP contribution in [0.1, 0.15) is 27.0 Å². The second kappa shape index (κ2) is 5.06. The van der Waals surface area contributed by atoms with Gasteiger partial charge in [-0.15, -0.1) is 0 Å². The number of carbonyl (C=O) groups is 1. The van der Waals surface area contributed by atoms with Gasteiger partial charge >= 0.3 is 5.97 Å². The summed E-state index contributed by atoms with van der Waals surface area (Å²) in [6, 6.07) is 12.2. The lowest BCUT2D eigenvalue weighted by molar-refractivity contribution is 0.0696. The van der Waals surface area contributed by atoms with Crippen LogP contribution < -0.4 is 0 Å². The van der Waals surface area contributed by atoms with E-state index in [2.05, 4.69) is 17.0 Å². The van der Waals surface area contributed by atoms with Crippen LogP contribution in [0.3, 0.4) is 0 Å². The van der Waals surface area contributed by atoms with Crippen molar-refractivity contribution in [3.05, 3.63) is 70.5 Å². The number of hydrogen-bond donors (Lipinski definition) is 1. The molecular weight excluding hydrogens is 257 g/mol. The van der Waals surface area contributed by atoms with Crippen LogP contribution in [0.5, 0.6) is 0 Å². The molecule has 0 saturated carbocycles. The lowest BCUT2D eigenvalue weighted by Crippen LogP contribution is -2.16. The molecule has 3 nitrogen and oxygen atoms in total. The first kappa shape index (κ1) is 12.8. The molecule has 0 aliphatic carbocycles. The molecule has 102 valence electrons. The van der Waals surface area contributed by atoms with Crippen LogP contribution >= 0.6 is 0 Å². The number of aromatic carboxylic acids is 1. The SMILES string of the molecule is O=C(O)c1cc(F)cc(CN2Cc3ccccc3C2)c1. The molecule has 1 N–H and O–H groups in total. The third-order valence-electron chi connectivity index (χ3n) is 3.52. The molecule has 2 aromatic carbocycles. The molecule has 0 spiro atoms. The van der Waals surface area contributed by atoms with Gasteiger partial charge in [0.05, 0.1) is 5.56 Å². The molecule has 1 aliphatic heterocycles. The van der Waals surface area contributed by atoms with Gasteiger partial charge in [-0.2, -0.15) is 0 Å². The number of hydrogen-bond acceptors (Lipinski definition) is 2. The summed E-state index contributed by atoms with van der Waals surface area (Å²) in [6.07, 6.45) is 0. The van der Waals surface area contributed by atoms with Crippen LogP contribution in [0, 0.1) is 5.82 Å². The molecule has 0 aromatic heterocycles. The van der Waals surface area contributed by atoms with E-state index in [4.69, 9.17) is 5.11 Å². The van der Waals surface area contributed by atoms with E-state index in [-0.39, 0.29) is 5.56 Å². The quantitative estimate of drug-likeness (QED) is 0.932. The normalized spacial score (nSPS) is 14.2. The maximum Gasteiger partial charge on any atom is 0.335 e. The molecule has 1 aliphatic rings. The Morgan fingerprint density at radius 1 is 1.15 bits per heavy atom. The Hall–Kier alpha value is -2.20. The number of nitrogens with zero attached hydrogens (tertiary/aromatic N) is 1. The second-order valence-corrected chi connectivity index (χ2v) is 5.07. The van der Waals surface area contributed by atoms with E-state index in [0.717, 1.165) is 19.2 Å². The minimum absolute atomic E-state index is 0.00305. The van der Waals surface area contributed by atoms with Crippen molar-refractivity contribution in [2.75, 3.05) is 0 Å². The first-order valence-corrected chi connectivity index (χ1v) is 6.44. The van der Waals surface area contributed by atoms with E-state index in [1.165, 1.54) is 23.3 Å². The maximum absolute atomic E-state index is 13.4. The summed E-state index contributed by atoms with van der Waals surface area (Å²) >= 11 is 0. The minimum atomic E-state index is -1.10. The van der Waals surface area contributed by atoms with Gasteiger partial charge in [0.1, 0.15) is 5.82 Å². The second-order valence-electron chi connectivity index (χ2n) is 5.07. The van der Waals surface area contributed by atoms with Crippen LogP contribution in [-0.2, 0) is 19.6 Å². The third kappa shape index (κ3) is 2.56. The Morgan fingerprint density at radius 3 is 2.40 bits per heavy atom. The number of fused-ring (bicyclic) bond motifs is 1. The van der Waals surface area contributed by atoms with E-state index >= 15 is 0 Å². The molecular formula is C16H14FNO2. The van der Waals surface area contributed by atoms with Gasteiger partial charge in [0, 0.05) is 19.6 Å². The predicted octanol–water partition coefficient (Wildman–Crippen LogP) is 3.04. The average molecular weight is 271 g/mol. The van der Waals surface area contributed by atoms with Crippen molar-refractivity contribution in [1.29, 1.82) is 0 Å². The molecule has 0 amide bonds. The van der Waals surface area contributed by atoms with E-state index < -0.39 is 11.8 Å². The lowest BCUT2D eigenvalue weighted by atomic mass is 10.1. The topological polar surface area (TPSA) is 40.5 Å². The van der Waals surface area contributed by atoms with Gasteiger partial charge in [-0.05, 0) is 34.9 Å². The summed E-state index contributed by atoms with van der Waals surface area (Å²) in [5, 5.41) is 8.96. The monoisotopic (exact) mass is 271 g/mol. The van der Waals surface area contributed by atoms with Gasteiger partial charge in [-0.3, -0.25) is 4.90 Å². The van der Waals surface area contributed by atoms with Crippen LogP contribution in [0.4, 0.5) is 4.39 Å². The Labute approximate surface area is 116 Å². The maximum atomic E-state index is 13.4. The van der Waals surface area contributed by atoms with Crippen LogP contribution in [0.15, 0.2) is 42.5 Å². The molecule has 0 radical (unpaired) electrons. The van der Waals surface area contributed by atoms with Gasteiger partial charge in [-0.25, -0.2) is 9.18 Å². The van der Waals surface area contributed by atoms with Crippen LogP contribution in [0.25, 0.3) is 0 Å². The van der Waals surface area contributed by atoms with Crippen LogP contribution in [-0.4, -0.2) is 16.0 Å². The molecule has 0 saturated heterocycles. The molecule has 4 heteroatoms. The van der Waals surface area contributed by atoms with Crippen molar-refractivity contribution in [1.82, 2.24) is 4.90 Å². The fraction of sp³-hybridized carbons (Fsp3) is 0.188. The minimum Gasteiger partial charge on any atom is -0.478 e. The predicted molar refractivity (Wildman–Crippen MR) is 72.8 cm³/mol. The summed E-state index contributed by atoms with van der Waals surface area (Å²) in [5.74, 6) is -1.60. The highest BCUT2D eigenvalue weighted by atomic mass is 19.1. The smallest absolute Gasteiger partial charge is 0.335 e. The summed E-state index contributed by atoms with van der Waals surface area (Å²) in [4.78, 5) is 13.1. The van der Waals surface area contributed by atoms with Crippen molar-refractivity contribution in [2.24, 2.45) is 0 Å². The number of halogens is 1. The van der Waals surface area contributed by atoms with Crippen molar-refractivity contribution in [3.8, 4) is 0 Å². The standard InChI is InChI=1S/C16H14FNO2/c17-15-6-11(5-14(7-15)16(19)20)8-18-9-12-3-1-2-4-13(12)10-18/h1-7H,8-10H2,(H,19,20). The van der Waals surface area contributed by atoms with Gasteiger partial charge in [0.15, 0.2) is 0 Å². The molecule has 3 rings (SSSR count). The highest BCUT2D eigenvalue weighted by Crippen LogP contribution is 2.24. The van der Waals surface area contributed by atoms with Gasteiger partial charge < -0.3 is 5.11 Å². The van der Waals surface area contributed by atoms with E-state index in [1.54, 1.807) is 0 Å². The Balaban J connectivity index is 1.78. The number of carboxylic acids is 1. The Morgan fingerprint density at radius 2 is 1.80 bits per heavy atom. The van der Waals surface area contributed by atoms with Crippen molar-refractivity contribution >= 4 is 5.97 Å². The van der Waals surface area contributed by atoms with E-state index in [1.807, 2.05) is 12.1 Å². The molecule has 0 bridgehead atoms. The zero-order chi connectivity index (χ0) is 14.1. The molecule has 20 heavy (non-hydrogen) atoms. The molecule has 2 aromatic rings. The van der Waals surface area contributed by atoms with E-state index in [0.29, 0.717) is 12.1 Å². The highest BCUT2D eigenvalue weighted by Gasteiger charge is 2.19. The zero-order valence-electron chi connectivity index (χ0n) is 10.8. The summed E-state index contributed by atoms with van der Waals surface area (Å²) < 4.78 is 13.4. The lowest BCUT2D eigenvalue weighted by Gasteiger charge is -2.15. The molecule has 0 unspecified atom stereocenters. The number of benzene rings is 2. The fourth-order valence-corrected chi connectivity index (χ4v) is 2.64. The van der Waals surface area contributed by atoms with Crippen molar-refractivity contribution in [3.63, 3.8) is 0 Å². The highest BCUT2D eigenvalue weighted by molar-refractivity contribution is 5.87. The molecule has 0 fully saturated rings. The summed E-state index contributed by atoms with van der Waals surface area (Å²) in [6.45, 7) is 2.18. The number of rotatable bonds is 3. The third-order valence-corrected chi connectivity index (χ3v) is 3.52. The largest absolute Gasteiger partial charge is 0.478 e. The Kier molecular flexibility index (Phi) is 3.24. The van der Waals surface area contributed by atoms with E-state index in [9.17, 15) is 9.18 Å². The summed E-state index contributed by atoms with van der Waals surface area (Å²) in [5.41, 5.74) is 3.25. The van der Waals surface area contributed by atoms with Gasteiger partial charge in [0.2, 0.25) is 0 Å². The van der Waals surface area contributed by atoms with Crippen molar-refractivity contribution < 1.29 is 14.3 Å². The fourth-order valence-electron chi connectivity index (χ4n) is 2.64. The molecule has 1 heterocycles. The summed E-state index contributed by atoms with van der Waals surface area (Å²) in [7, 11) is 0. The first-order valence-electron chi connectivity index (χ1n) is 6.44.